The van der Waals surface area contributed by atoms with Crippen LogP contribution in [0, 0.1) is 12.8 Å². The third-order valence-electron chi connectivity index (χ3n) is 5.28. The van der Waals surface area contributed by atoms with Crippen LogP contribution in [-0.4, -0.2) is 25.6 Å². The zero-order valence-electron chi connectivity index (χ0n) is 16.6. The van der Waals surface area contributed by atoms with Crippen molar-refractivity contribution in [1.29, 1.82) is 0 Å². The minimum absolute atomic E-state index is 0.0256. The SMILES string of the molecule is Cc1cccc(OCC(=O)NC(C)c2ccc(N3CCC(C)CC3)cc2)c1. The summed E-state index contributed by atoms with van der Waals surface area (Å²) in [6, 6.07) is 16.2. The number of anilines is 1. The maximum Gasteiger partial charge on any atom is 0.258 e. The number of hydrogen-bond acceptors (Lipinski definition) is 3. The van der Waals surface area contributed by atoms with Crippen LogP contribution in [0.4, 0.5) is 5.69 Å². The molecule has 1 N–H and O–H groups in total. The summed E-state index contributed by atoms with van der Waals surface area (Å²) < 4.78 is 5.57. The van der Waals surface area contributed by atoms with Gasteiger partial charge < -0.3 is 15.0 Å². The van der Waals surface area contributed by atoms with Gasteiger partial charge in [-0.15, -0.1) is 0 Å². The van der Waals surface area contributed by atoms with E-state index in [-0.39, 0.29) is 18.6 Å². The van der Waals surface area contributed by atoms with E-state index in [4.69, 9.17) is 4.74 Å². The molecule has 2 aromatic rings. The largest absolute Gasteiger partial charge is 0.484 e. The summed E-state index contributed by atoms with van der Waals surface area (Å²) in [5.74, 6) is 1.44. The number of rotatable bonds is 6. The normalized spacial score (nSPS) is 16.0. The van der Waals surface area contributed by atoms with Crippen LogP contribution in [0.25, 0.3) is 0 Å². The Kier molecular flexibility index (Phi) is 6.38. The van der Waals surface area contributed by atoms with Crippen LogP contribution in [0.1, 0.15) is 43.9 Å². The first kappa shape index (κ1) is 19.3. The molecule has 1 heterocycles. The van der Waals surface area contributed by atoms with Gasteiger partial charge in [0.2, 0.25) is 0 Å². The molecule has 0 radical (unpaired) electrons. The van der Waals surface area contributed by atoms with Crippen LogP contribution in [0.3, 0.4) is 0 Å². The Morgan fingerprint density at radius 3 is 2.56 bits per heavy atom. The molecule has 0 aliphatic carbocycles. The van der Waals surface area contributed by atoms with Crippen molar-refractivity contribution in [3.8, 4) is 5.75 Å². The first-order valence-corrected chi connectivity index (χ1v) is 9.85. The highest BCUT2D eigenvalue weighted by Crippen LogP contribution is 2.24. The van der Waals surface area contributed by atoms with Crippen molar-refractivity contribution in [2.45, 2.75) is 39.7 Å². The van der Waals surface area contributed by atoms with E-state index in [1.54, 1.807) is 0 Å². The molecule has 0 saturated carbocycles. The molecule has 1 unspecified atom stereocenters. The molecule has 2 aromatic carbocycles. The fraction of sp³-hybridized carbons (Fsp3) is 0.435. The second-order valence-corrected chi connectivity index (χ2v) is 7.66. The Balaban J connectivity index is 1.50. The predicted molar refractivity (Wildman–Crippen MR) is 110 cm³/mol. The molecule has 1 amide bonds. The minimum Gasteiger partial charge on any atom is -0.484 e. The number of nitrogens with one attached hydrogen (secondary N) is 1. The van der Waals surface area contributed by atoms with Gasteiger partial charge >= 0.3 is 0 Å². The average Bonchev–Trinajstić information content (AvgIpc) is 2.67. The molecular weight excluding hydrogens is 336 g/mol. The van der Waals surface area contributed by atoms with Crippen LogP contribution >= 0.6 is 0 Å². The smallest absolute Gasteiger partial charge is 0.258 e. The fourth-order valence-electron chi connectivity index (χ4n) is 3.46. The van der Waals surface area contributed by atoms with Gasteiger partial charge in [-0.25, -0.2) is 0 Å². The van der Waals surface area contributed by atoms with E-state index in [0.717, 1.165) is 35.9 Å². The van der Waals surface area contributed by atoms with Gasteiger partial charge in [-0.1, -0.05) is 31.2 Å². The number of hydrogen-bond donors (Lipinski definition) is 1. The van der Waals surface area contributed by atoms with Crippen molar-refractivity contribution < 1.29 is 9.53 Å². The third kappa shape index (κ3) is 5.49. The van der Waals surface area contributed by atoms with Crippen molar-refractivity contribution in [2.75, 3.05) is 24.6 Å². The molecule has 4 heteroatoms. The molecule has 144 valence electrons. The Hall–Kier alpha value is -2.49. The van der Waals surface area contributed by atoms with E-state index in [1.165, 1.54) is 18.5 Å². The van der Waals surface area contributed by atoms with Crippen LogP contribution in [-0.2, 0) is 4.79 Å². The number of aryl methyl sites for hydroxylation is 1. The summed E-state index contributed by atoms with van der Waals surface area (Å²) in [6.07, 6.45) is 2.52. The monoisotopic (exact) mass is 366 g/mol. The van der Waals surface area contributed by atoms with Crippen LogP contribution in [0.2, 0.25) is 0 Å². The molecule has 4 nitrogen and oxygen atoms in total. The van der Waals surface area contributed by atoms with E-state index >= 15 is 0 Å². The molecule has 1 aliphatic heterocycles. The summed E-state index contributed by atoms with van der Waals surface area (Å²) in [5, 5.41) is 3.01. The Bertz CT molecular complexity index is 749. The molecular formula is C23H30N2O2. The molecule has 0 aromatic heterocycles. The van der Waals surface area contributed by atoms with Gasteiger partial charge in [-0.3, -0.25) is 4.79 Å². The van der Waals surface area contributed by atoms with Gasteiger partial charge in [0, 0.05) is 18.8 Å². The lowest BCUT2D eigenvalue weighted by molar-refractivity contribution is -0.123. The van der Waals surface area contributed by atoms with Crippen molar-refractivity contribution in [3.63, 3.8) is 0 Å². The third-order valence-corrected chi connectivity index (χ3v) is 5.28. The highest BCUT2D eigenvalue weighted by molar-refractivity contribution is 5.78. The van der Waals surface area contributed by atoms with E-state index in [2.05, 4.69) is 41.4 Å². The maximum atomic E-state index is 12.2. The Labute approximate surface area is 162 Å². The molecule has 0 bridgehead atoms. The lowest BCUT2D eigenvalue weighted by Crippen LogP contribution is -2.33. The zero-order valence-corrected chi connectivity index (χ0v) is 16.6. The lowest BCUT2D eigenvalue weighted by Gasteiger charge is -2.32. The fourth-order valence-corrected chi connectivity index (χ4v) is 3.46. The molecule has 1 atom stereocenters. The maximum absolute atomic E-state index is 12.2. The van der Waals surface area contributed by atoms with Crippen molar-refractivity contribution in [3.05, 3.63) is 59.7 Å². The number of nitrogens with zero attached hydrogens (tertiary/aromatic N) is 1. The molecule has 1 aliphatic rings. The summed E-state index contributed by atoms with van der Waals surface area (Å²) in [6.45, 7) is 8.61. The number of ether oxygens (including phenoxy) is 1. The number of benzene rings is 2. The first-order chi connectivity index (χ1) is 13.0. The van der Waals surface area contributed by atoms with Gasteiger partial charge in [0.05, 0.1) is 6.04 Å². The standard InChI is InChI=1S/C23H30N2O2/c1-17-11-13-25(14-12-17)21-9-7-20(8-10-21)19(3)24-23(26)16-27-22-6-4-5-18(2)15-22/h4-10,15,17,19H,11-14,16H2,1-3H3,(H,24,26). The van der Waals surface area contributed by atoms with E-state index < -0.39 is 0 Å². The number of carbonyl (C=O) groups is 1. The zero-order chi connectivity index (χ0) is 19.2. The van der Waals surface area contributed by atoms with Crippen LogP contribution in [0.15, 0.2) is 48.5 Å². The molecule has 1 saturated heterocycles. The van der Waals surface area contributed by atoms with E-state index in [1.807, 2.05) is 38.1 Å². The molecule has 1 fully saturated rings. The van der Waals surface area contributed by atoms with Crippen molar-refractivity contribution in [2.24, 2.45) is 5.92 Å². The summed E-state index contributed by atoms with van der Waals surface area (Å²) in [5.41, 5.74) is 3.49. The summed E-state index contributed by atoms with van der Waals surface area (Å²) >= 11 is 0. The summed E-state index contributed by atoms with van der Waals surface area (Å²) in [7, 11) is 0. The van der Waals surface area contributed by atoms with Gasteiger partial charge in [-0.05, 0) is 68.0 Å². The topological polar surface area (TPSA) is 41.6 Å². The molecule has 3 rings (SSSR count). The predicted octanol–water partition coefficient (Wildman–Crippen LogP) is 4.49. The summed E-state index contributed by atoms with van der Waals surface area (Å²) in [4.78, 5) is 14.6. The average molecular weight is 367 g/mol. The highest BCUT2D eigenvalue weighted by Gasteiger charge is 2.16. The lowest BCUT2D eigenvalue weighted by atomic mass is 9.98. The first-order valence-electron chi connectivity index (χ1n) is 9.85. The van der Waals surface area contributed by atoms with E-state index in [9.17, 15) is 4.79 Å². The molecule has 27 heavy (non-hydrogen) atoms. The van der Waals surface area contributed by atoms with Crippen LogP contribution < -0.4 is 15.0 Å². The number of amides is 1. The van der Waals surface area contributed by atoms with E-state index in [0.29, 0.717) is 0 Å². The second-order valence-electron chi connectivity index (χ2n) is 7.66. The number of piperidine rings is 1. The van der Waals surface area contributed by atoms with Crippen molar-refractivity contribution >= 4 is 11.6 Å². The van der Waals surface area contributed by atoms with Gasteiger partial charge in [0.1, 0.15) is 5.75 Å². The minimum atomic E-state index is -0.113. The van der Waals surface area contributed by atoms with Gasteiger partial charge in [-0.2, -0.15) is 0 Å². The van der Waals surface area contributed by atoms with Crippen molar-refractivity contribution in [1.82, 2.24) is 5.32 Å². The van der Waals surface area contributed by atoms with Gasteiger partial charge in [0.25, 0.3) is 5.91 Å². The quantitative estimate of drug-likeness (QED) is 0.819. The Morgan fingerprint density at radius 2 is 1.89 bits per heavy atom. The van der Waals surface area contributed by atoms with Gasteiger partial charge in [0.15, 0.2) is 6.61 Å². The second kappa shape index (κ2) is 8.94. The Morgan fingerprint density at radius 1 is 1.19 bits per heavy atom. The van der Waals surface area contributed by atoms with Crippen LogP contribution in [0.5, 0.6) is 5.75 Å². The molecule has 0 spiro atoms. The number of carbonyl (C=O) groups excluding carboxylic acids is 1. The highest BCUT2D eigenvalue weighted by atomic mass is 16.5.